The van der Waals surface area contributed by atoms with E-state index in [1.165, 1.54) is 11.3 Å². The number of fused-ring (bicyclic) bond motifs is 1. The van der Waals surface area contributed by atoms with Crippen LogP contribution in [0.1, 0.15) is 65.6 Å². The maximum atomic E-state index is 12.8. The third kappa shape index (κ3) is 7.04. The molecule has 0 aromatic carbocycles. The van der Waals surface area contributed by atoms with Crippen LogP contribution in [0.2, 0.25) is 0 Å². The van der Waals surface area contributed by atoms with Crippen LogP contribution in [0.15, 0.2) is 12.1 Å². The number of nitrogen functional groups attached to an aromatic ring is 2. The Morgan fingerprint density at radius 1 is 1.20 bits per heavy atom. The first kappa shape index (κ1) is 26.2. The van der Waals surface area contributed by atoms with Crippen molar-refractivity contribution in [3.8, 4) is 0 Å². The fraction of sp³-hybridized carbons (Fsp3) is 0.522. The van der Waals surface area contributed by atoms with Crippen LogP contribution in [-0.4, -0.2) is 53.6 Å². The van der Waals surface area contributed by atoms with Gasteiger partial charge in [0.2, 0.25) is 5.95 Å². The van der Waals surface area contributed by atoms with E-state index in [9.17, 15) is 14.4 Å². The molecule has 0 fully saturated rings. The maximum Gasteiger partial charge on any atom is 0.328 e. The first-order valence-electron chi connectivity index (χ1n) is 11.7. The number of esters is 2. The summed E-state index contributed by atoms with van der Waals surface area (Å²) in [5.74, 6) is 0.108. The number of anilines is 3. The number of ether oxygens (including phenoxy) is 2. The predicted octanol–water partition coefficient (Wildman–Crippen LogP) is 2.24. The van der Waals surface area contributed by atoms with E-state index in [2.05, 4.69) is 20.6 Å². The molecule has 1 aliphatic heterocycles. The van der Waals surface area contributed by atoms with Crippen LogP contribution in [0.3, 0.4) is 0 Å². The third-order valence-corrected chi connectivity index (χ3v) is 6.74. The summed E-state index contributed by atoms with van der Waals surface area (Å²) in [7, 11) is 0. The van der Waals surface area contributed by atoms with Crippen LogP contribution < -0.4 is 22.1 Å². The van der Waals surface area contributed by atoms with Crippen molar-refractivity contribution in [1.29, 1.82) is 0 Å². The first-order valence-corrected chi connectivity index (χ1v) is 12.5. The fourth-order valence-corrected chi connectivity index (χ4v) is 4.94. The molecule has 1 amide bonds. The summed E-state index contributed by atoms with van der Waals surface area (Å²) in [6, 6.07) is 2.73. The summed E-state index contributed by atoms with van der Waals surface area (Å²) >= 11 is 1.38. The SMILES string of the molecule is CCOC(=O)CC[C@@H](NC(=O)c1ccc(CCCC2CNc3nc(N)nc(N)c32)s1)C(=O)OCC. The second-order valence-electron chi connectivity index (χ2n) is 8.09. The number of carbonyl (C=O) groups is 3. The van der Waals surface area contributed by atoms with E-state index in [1.54, 1.807) is 19.9 Å². The van der Waals surface area contributed by atoms with Gasteiger partial charge in [-0.05, 0) is 51.7 Å². The topological polar surface area (TPSA) is 172 Å². The van der Waals surface area contributed by atoms with Gasteiger partial charge in [-0.25, -0.2) is 4.79 Å². The van der Waals surface area contributed by atoms with Gasteiger partial charge in [0.25, 0.3) is 5.91 Å². The van der Waals surface area contributed by atoms with E-state index in [4.69, 9.17) is 20.9 Å². The van der Waals surface area contributed by atoms with Crippen molar-refractivity contribution in [1.82, 2.24) is 15.3 Å². The summed E-state index contributed by atoms with van der Waals surface area (Å²) in [6.07, 6.45) is 2.69. The molecule has 11 nitrogen and oxygen atoms in total. The number of aryl methyl sites for hydroxylation is 1. The van der Waals surface area contributed by atoms with E-state index < -0.39 is 18.0 Å². The van der Waals surface area contributed by atoms with Crippen molar-refractivity contribution in [2.24, 2.45) is 0 Å². The summed E-state index contributed by atoms with van der Waals surface area (Å²) in [5, 5.41) is 5.93. The molecule has 0 bridgehead atoms. The quantitative estimate of drug-likeness (QED) is 0.314. The van der Waals surface area contributed by atoms with Gasteiger partial charge >= 0.3 is 11.9 Å². The first-order chi connectivity index (χ1) is 16.8. The molecule has 0 radical (unpaired) electrons. The minimum Gasteiger partial charge on any atom is -0.466 e. The molecule has 3 heterocycles. The smallest absolute Gasteiger partial charge is 0.328 e. The zero-order valence-electron chi connectivity index (χ0n) is 20.0. The number of rotatable bonds is 12. The van der Waals surface area contributed by atoms with E-state index in [0.29, 0.717) is 16.5 Å². The molecule has 1 aliphatic rings. The highest BCUT2D eigenvalue weighted by Crippen LogP contribution is 2.37. The van der Waals surface area contributed by atoms with Crippen molar-refractivity contribution in [3.05, 3.63) is 27.5 Å². The summed E-state index contributed by atoms with van der Waals surface area (Å²) in [5.41, 5.74) is 12.6. The lowest BCUT2D eigenvalue weighted by atomic mass is 9.96. The van der Waals surface area contributed by atoms with Crippen molar-refractivity contribution in [3.63, 3.8) is 0 Å². The molecule has 3 rings (SSSR count). The molecule has 6 N–H and O–H groups in total. The summed E-state index contributed by atoms with van der Waals surface area (Å²) < 4.78 is 9.95. The summed E-state index contributed by atoms with van der Waals surface area (Å²) in [4.78, 5) is 46.5. The lowest BCUT2D eigenvalue weighted by Crippen LogP contribution is -2.42. The van der Waals surface area contributed by atoms with Gasteiger partial charge in [0.1, 0.15) is 17.7 Å². The standard InChI is InChI=1S/C23H32N6O5S/c1-3-33-17(30)11-9-15(22(32)34-4-2)27-21(31)16-10-8-14(35-16)7-5-6-13-12-26-20-18(13)19(24)28-23(25)29-20/h8,10,13,15H,3-7,9,11-12H2,1-2H3,(H,27,31)(H5,24,25,26,28,29)/t13?,15-/m1/s1. The highest BCUT2D eigenvalue weighted by Gasteiger charge is 2.27. The van der Waals surface area contributed by atoms with Crippen LogP contribution in [0.5, 0.6) is 0 Å². The van der Waals surface area contributed by atoms with Crippen LogP contribution in [0.25, 0.3) is 0 Å². The molecule has 12 heteroatoms. The Labute approximate surface area is 208 Å². The molecule has 1 unspecified atom stereocenters. The van der Waals surface area contributed by atoms with E-state index in [0.717, 1.165) is 36.2 Å². The highest BCUT2D eigenvalue weighted by atomic mass is 32.1. The van der Waals surface area contributed by atoms with Gasteiger partial charge in [-0.1, -0.05) is 0 Å². The van der Waals surface area contributed by atoms with E-state index >= 15 is 0 Å². The van der Waals surface area contributed by atoms with Gasteiger partial charge in [0.15, 0.2) is 0 Å². The van der Waals surface area contributed by atoms with Gasteiger partial charge in [-0.15, -0.1) is 11.3 Å². The Hall–Kier alpha value is -3.41. The molecule has 190 valence electrons. The molecule has 2 aromatic heterocycles. The number of aromatic nitrogens is 2. The average Bonchev–Trinajstić information content (AvgIpc) is 3.44. The van der Waals surface area contributed by atoms with E-state index in [1.807, 2.05) is 6.07 Å². The minimum absolute atomic E-state index is 0.00852. The largest absolute Gasteiger partial charge is 0.466 e. The number of hydrogen-bond acceptors (Lipinski definition) is 11. The number of nitrogens with one attached hydrogen (secondary N) is 2. The molecule has 0 saturated heterocycles. The van der Waals surface area contributed by atoms with Gasteiger partial charge < -0.3 is 31.6 Å². The van der Waals surface area contributed by atoms with Crippen molar-refractivity contribution in [2.45, 2.75) is 57.9 Å². The van der Waals surface area contributed by atoms with Crippen molar-refractivity contribution < 1.29 is 23.9 Å². The molecule has 35 heavy (non-hydrogen) atoms. The van der Waals surface area contributed by atoms with Gasteiger partial charge in [-0.3, -0.25) is 9.59 Å². The molecule has 2 atom stereocenters. The maximum absolute atomic E-state index is 12.8. The second kappa shape index (κ2) is 12.3. The second-order valence-corrected chi connectivity index (χ2v) is 9.26. The van der Waals surface area contributed by atoms with Crippen LogP contribution in [0, 0.1) is 0 Å². The summed E-state index contributed by atoms with van der Waals surface area (Å²) in [6.45, 7) is 4.56. The van der Waals surface area contributed by atoms with Crippen LogP contribution in [-0.2, 0) is 25.5 Å². The Kier molecular flexibility index (Phi) is 9.24. The number of hydrogen-bond donors (Lipinski definition) is 4. The lowest BCUT2D eigenvalue weighted by molar-refractivity contribution is -0.146. The fourth-order valence-electron chi connectivity index (χ4n) is 3.98. The zero-order valence-corrected chi connectivity index (χ0v) is 20.8. The number of amides is 1. The Morgan fingerprint density at radius 3 is 2.71 bits per heavy atom. The van der Waals surface area contributed by atoms with Gasteiger partial charge in [-0.2, -0.15) is 9.97 Å². The lowest BCUT2D eigenvalue weighted by Gasteiger charge is -2.16. The number of thiophene rings is 1. The number of carbonyl (C=O) groups excluding carboxylic acids is 3. The Morgan fingerprint density at radius 2 is 1.97 bits per heavy atom. The number of nitrogens with two attached hydrogens (primary N) is 2. The highest BCUT2D eigenvalue weighted by molar-refractivity contribution is 7.14. The normalized spacial score (nSPS) is 15.1. The van der Waals surface area contributed by atoms with Crippen LogP contribution >= 0.6 is 11.3 Å². The van der Waals surface area contributed by atoms with Crippen molar-refractivity contribution in [2.75, 3.05) is 36.5 Å². The predicted molar refractivity (Wildman–Crippen MR) is 133 cm³/mol. The average molecular weight is 505 g/mol. The molecule has 0 saturated carbocycles. The van der Waals surface area contributed by atoms with E-state index in [-0.39, 0.29) is 43.8 Å². The zero-order chi connectivity index (χ0) is 25.4. The molecule has 2 aromatic rings. The Balaban J connectivity index is 1.53. The Bertz CT molecular complexity index is 1060. The van der Waals surface area contributed by atoms with Gasteiger partial charge in [0, 0.05) is 29.3 Å². The van der Waals surface area contributed by atoms with Crippen molar-refractivity contribution >= 4 is 46.8 Å². The molecular weight excluding hydrogens is 472 g/mol. The monoisotopic (exact) mass is 504 g/mol. The van der Waals surface area contributed by atoms with Gasteiger partial charge in [0.05, 0.1) is 18.1 Å². The molecule has 0 spiro atoms. The minimum atomic E-state index is -0.922. The number of nitrogens with zero attached hydrogens (tertiary/aromatic N) is 2. The third-order valence-electron chi connectivity index (χ3n) is 5.60. The molecular formula is C23H32N6O5S. The van der Waals surface area contributed by atoms with Crippen LogP contribution in [0.4, 0.5) is 17.6 Å². The molecule has 0 aliphatic carbocycles.